The number of halogens is 1. The van der Waals surface area contributed by atoms with Crippen LogP contribution >= 0.6 is 27.3 Å². The van der Waals surface area contributed by atoms with Gasteiger partial charge in [-0.3, -0.25) is 4.79 Å². The molecule has 4 rings (SSSR count). The normalized spacial score (nSPS) is 12.9. The number of anilines is 1. The number of hydrogen-bond donors (Lipinski definition) is 1. The molecule has 1 amide bonds. The average molecular weight is 405 g/mol. The summed E-state index contributed by atoms with van der Waals surface area (Å²) in [7, 11) is 0. The zero-order chi connectivity index (χ0) is 16.5. The molecule has 7 heteroatoms. The van der Waals surface area contributed by atoms with Gasteiger partial charge < -0.3 is 19.4 Å². The maximum absolute atomic E-state index is 12.7. The SMILES string of the molecule is O=C(Nc1cc2c(cc1Br)OCCO2)c1sccc1-n1cccc1. The van der Waals surface area contributed by atoms with E-state index >= 15 is 0 Å². The third kappa shape index (κ3) is 2.81. The van der Waals surface area contributed by atoms with Gasteiger partial charge in [0.15, 0.2) is 11.5 Å². The molecule has 24 heavy (non-hydrogen) atoms. The van der Waals surface area contributed by atoms with Crippen molar-refractivity contribution in [2.45, 2.75) is 0 Å². The Morgan fingerprint density at radius 3 is 2.62 bits per heavy atom. The number of nitrogens with one attached hydrogen (secondary N) is 1. The van der Waals surface area contributed by atoms with E-state index in [0.717, 1.165) is 10.2 Å². The summed E-state index contributed by atoms with van der Waals surface area (Å²) >= 11 is 4.88. The van der Waals surface area contributed by atoms with Crippen molar-refractivity contribution in [3.8, 4) is 17.2 Å². The highest BCUT2D eigenvalue weighted by atomic mass is 79.9. The number of carbonyl (C=O) groups excluding carboxylic acids is 1. The Morgan fingerprint density at radius 1 is 1.17 bits per heavy atom. The zero-order valence-corrected chi connectivity index (χ0v) is 14.9. The molecule has 0 saturated heterocycles. The van der Waals surface area contributed by atoms with E-state index in [-0.39, 0.29) is 5.91 Å². The Balaban J connectivity index is 1.62. The number of nitrogens with zero attached hydrogens (tertiary/aromatic N) is 1. The first-order valence-corrected chi connectivity index (χ1v) is 9.01. The molecule has 2 aromatic heterocycles. The molecule has 1 aliphatic heterocycles. The molecule has 122 valence electrons. The van der Waals surface area contributed by atoms with Crippen molar-refractivity contribution >= 4 is 38.9 Å². The molecule has 0 fully saturated rings. The smallest absolute Gasteiger partial charge is 0.267 e. The monoisotopic (exact) mass is 404 g/mol. The summed E-state index contributed by atoms with van der Waals surface area (Å²) < 4.78 is 13.8. The maximum Gasteiger partial charge on any atom is 0.267 e. The average Bonchev–Trinajstić information content (AvgIpc) is 3.26. The highest BCUT2D eigenvalue weighted by Gasteiger charge is 2.19. The van der Waals surface area contributed by atoms with Gasteiger partial charge in [-0.2, -0.15) is 0 Å². The van der Waals surface area contributed by atoms with Crippen molar-refractivity contribution in [3.63, 3.8) is 0 Å². The number of benzene rings is 1. The van der Waals surface area contributed by atoms with Crippen molar-refractivity contribution in [2.75, 3.05) is 18.5 Å². The van der Waals surface area contributed by atoms with Gasteiger partial charge in [0, 0.05) is 29.0 Å². The zero-order valence-electron chi connectivity index (χ0n) is 12.5. The van der Waals surface area contributed by atoms with Gasteiger partial charge >= 0.3 is 0 Å². The fourth-order valence-electron chi connectivity index (χ4n) is 2.51. The van der Waals surface area contributed by atoms with Gasteiger partial charge in [0.2, 0.25) is 0 Å². The van der Waals surface area contributed by atoms with Crippen LogP contribution in [-0.4, -0.2) is 23.7 Å². The second kappa shape index (κ2) is 6.33. The van der Waals surface area contributed by atoms with Crippen LogP contribution in [0.3, 0.4) is 0 Å². The van der Waals surface area contributed by atoms with E-state index in [1.54, 1.807) is 6.07 Å². The number of rotatable bonds is 3. The van der Waals surface area contributed by atoms with Crippen LogP contribution in [0.15, 0.2) is 52.6 Å². The number of amides is 1. The van der Waals surface area contributed by atoms with E-state index in [1.165, 1.54) is 11.3 Å². The summed E-state index contributed by atoms with van der Waals surface area (Å²) in [6, 6.07) is 9.37. The summed E-state index contributed by atoms with van der Waals surface area (Å²) in [4.78, 5) is 13.4. The van der Waals surface area contributed by atoms with E-state index in [0.29, 0.717) is 35.3 Å². The van der Waals surface area contributed by atoms with E-state index in [4.69, 9.17) is 9.47 Å². The van der Waals surface area contributed by atoms with Crippen LogP contribution in [0.1, 0.15) is 9.67 Å². The van der Waals surface area contributed by atoms with Crippen LogP contribution in [0.4, 0.5) is 5.69 Å². The Hall–Kier alpha value is -2.25. The number of thiophene rings is 1. The molecule has 0 radical (unpaired) electrons. The van der Waals surface area contributed by atoms with Crippen molar-refractivity contribution in [1.82, 2.24) is 4.57 Å². The molecule has 1 aliphatic rings. The predicted octanol–water partition coefficient (Wildman–Crippen LogP) is 4.32. The van der Waals surface area contributed by atoms with Crippen LogP contribution in [0.5, 0.6) is 11.5 Å². The maximum atomic E-state index is 12.7. The molecular formula is C17H13BrN2O3S. The number of fused-ring (bicyclic) bond motifs is 1. The van der Waals surface area contributed by atoms with E-state index < -0.39 is 0 Å². The van der Waals surface area contributed by atoms with Crippen molar-refractivity contribution in [1.29, 1.82) is 0 Å². The largest absolute Gasteiger partial charge is 0.486 e. The fourth-order valence-corrected chi connectivity index (χ4v) is 3.72. The quantitative estimate of drug-likeness (QED) is 0.706. The molecule has 3 heterocycles. The molecule has 0 atom stereocenters. The molecule has 1 N–H and O–H groups in total. The lowest BCUT2D eigenvalue weighted by molar-refractivity contribution is 0.103. The Labute approximate surface area is 151 Å². The van der Waals surface area contributed by atoms with Gasteiger partial charge in [0.05, 0.1) is 11.4 Å². The molecule has 0 aliphatic carbocycles. The van der Waals surface area contributed by atoms with Gasteiger partial charge in [-0.15, -0.1) is 11.3 Å². The molecule has 3 aromatic rings. The Morgan fingerprint density at radius 2 is 1.88 bits per heavy atom. The van der Waals surface area contributed by atoms with Gasteiger partial charge in [0.1, 0.15) is 18.1 Å². The summed E-state index contributed by atoms with van der Waals surface area (Å²) in [5.74, 6) is 1.15. The molecule has 0 saturated carbocycles. The van der Waals surface area contributed by atoms with Crippen molar-refractivity contribution < 1.29 is 14.3 Å². The second-order valence-electron chi connectivity index (χ2n) is 5.16. The first-order valence-electron chi connectivity index (χ1n) is 7.34. The van der Waals surface area contributed by atoms with E-state index in [9.17, 15) is 4.79 Å². The first kappa shape index (κ1) is 15.3. The number of hydrogen-bond acceptors (Lipinski definition) is 4. The highest BCUT2D eigenvalue weighted by molar-refractivity contribution is 9.10. The summed E-state index contributed by atoms with van der Waals surface area (Å²) in [5.41, 5.74) is 1.51. The second-order valence-corrected chi connectivity index (χ2v) is 6.93. The summed E-state index contributed by atoms with van der Waals surface area (Å²) in [6.45, 7) is 1.03. The first-order chi connectivity index (χ1) is 11.7. The third-order valence-electron chi connectivity index (χ3n) is 3.61. The molecule has 0 unspecified atom stereocenters. The lowest BCUT2D eigenvalue weighted by atomic mass is 10.2. The van der Waals surface area contributed by atoms with Crippen molar-refractivity contribution in [3.05, 3.63) is 57.5 Å². The van der Waals surface area contributed by atoms with Crippen LogP contribution in [-0.2, 0) is 0 Å². The van der Waals surface area contributed by atoms with Crippen LogP contribution in [0.25, 0.3) is 5.69 Å². The van der Waals surface area contributed by atoms with Gasteiger partial charge in [-0.25, -0.2) is 0 Å². The van der Waals surface area contributed by atoms with Crippen molar-refractivity contribution in [2.24, 2.45) is 0 Å². The molecule has 1 aromatic carbocycles. The minimum absolute atomic E-state index is 0.161. The lowest BCUT2D eigenvalue weighted by Gasteiger charge is -2.20. The fraction of sp³-hybridized carbons (Fsp3) is 0.118. The predicted molar refractivity (Wildman–Crippen MR) is 96.7 cm³/mol. The number of aromatic nitrogens is 1. The lowest BCUT2D eigenvalue weighted by Crippen LogP contribution is -2.17. The Kier molecular flexibility index (Phi) is 4.03. The van der Waals surface area contributed by atoms with E-state index in [1.807, 2.05) is 46.6 Å². The summed E-state index contributed by atoms with van der Waals surface area (Å²) in [6.07, 6.45) is 3.83. The Bertz CT molecular complexity index is 889. The minimum Gasteiger partial charge on any atom is -0.486 e. The van der Waals surface area contributed by atoms with E-state index in [2.05, 4.69) is 21.2 Å². The van der Waals surface area contributed by atoms with Crippen LogP contribution in [0, 0.1) is 0 Å². The molecule has 0 bridgehead atoms. The molecular weight excluding hydrogens is 392 g/mol. The minimum atomic E-state index is -0.161. The molecule has 0 spiro atoms. The van der Waals surface area contributed by atoms with Gasteiger partial charge in [-0.1, -0.05) is 0 Å². The number of ether oxygens (including phenoxy) is 2. The standard InChI is InChI=1S/C17H13BrN2O3S/c18-11-9-14-15(23-7-6-22-14)10-12(11)19-17(21)16-13(3-8-24-16)20-4-1-2-5-20/h1-5,8-10H,6-7H2,(H,19,21). The van der Waals surface area contributed by atoms with Crippen LogP contribution < -0.4 is 14.8 Å². The van der Waals surface area contributed by atoms with Gasteiger partial charge in [0.25, 0.3) is 5.91 Å². The van der Waals surface area contributed by atoms with Gasteiger partial charge in [-0.05, 0) is 39.5 Å². The topological polar surface area (TPSA) is 52.5 Å². The van der Waals surface area contributed by atoms with Crippen LogP contribution in [0.2, 0.25) is 0 Å². The number of carbonyl (C=O) groups is 1. The summed E-state index contributed by atoms with van der Waals surface area (Å²) in [5, 5.41) is 4.85. The molecule has 5 nitrogen and oxygen atoms in total. The third-order valence-corrected chi connectivity index (χ3v) is 5.17. The highest BCUT2D eigenvalue weighted by Crippen LogP contribution is 2.38.